The fourth-order valence-corrected chi connectivity index (χ4v) is 2.62. The number of halogens is 1. The second-order valence-electron chi connectivity index (χ2n) is 4.67. The highest BCUT2D eigenvalue weighted by molar-refractivity contribution is 9.10. The third-order valence-electron chi connectivity index (χ3n) is 3.37. The number of hydrogen-bond acceptors (Lipinski definition) is 2. The van der Waals surface area contributed by atoms with Gasteiger partial charge in [0.05, 0.1) is 11.6 Å². The highest BCUT2D eigenvalue weighted by atomic mass is 79.9. The number of nitrogens with zero attached hydrogens (tertiary/aromatic N) is 1. The summed E-state index contributed by atoms with van der Waals surface area (Å²) in [7, 11) is 0. The molecule has 2 atom stereocenters. The minimum Gasteiger partial charge on any atom is -0.327 e. The van der Waals surface area contributed by atoms with Crippen LogP contribution in [-0.2, 0) is 0 Å². The van der Waals surface area contributed by atoms with E-state index in [1.165, 1.54) is 0 Å². The summed E-state index contributed by atoms with van der Waals surface area (Å²) in [5, 5.41) is 8.85. The first-order valence-electron chi connectivity index (χ1n) is 4.93. The third-order valence-corrected chi connectivity index (χ3v) is 4.09. The summed E-state index contributed by atoms with van der Waals surface area (Å²) in [5.74, 6) is 0.361. The van der Waals surface area contributed by atoms with Gasteiger partial charge in [0.1, 0.15) is 0 Å². The van der Waals surface area contributed by atoms with Crippen LogP contribution < -0.4 is 5.73 Å². The Labute approximate surface area is 98.2 Å². The van der Waals surface area contributed by atoms with E-state index in [1.54, 1.807) is 0 Å². The van der Waals surface area contributed by atoms with E-state index in [4.69, 9.17) is 11.0 Å². The van der Waals surface area contributed by atoms with Crippen molar-refractivity contribution in [1.29, 1.82) is 5.26 Å². The van der Waals surface area contributed by atoms with Gasteiger partial charge in [-0.2, -0.15) is 5.26 Å². The summed E-state index contributed by atoms with van der Waals surface area (Å²) in [4.78, 5) is 0. The Morgan fingerprint density at radius 2 is 2.07 bits per heavy atom. The van der Waals surface area contributed by atoms with E-state index in [-0.39, 0.29) is 11.5 Å². The van der Waals surface area contributed by atoms with Crippen molar-refractivity contribution in [3.05, 3.63) is 33.8 Å². The lowest BCUT2D eigenvalue weighted by Crippen LogP contribution is -2.06. The van der Waals surface area contributed by atoms with Gasteiger partial charge in [-0.15, -0.1) is 0 Å². The molecule has 1 saturated carbocycles. The molecule has 0 spiro atoms. The summed E-state index contributed by atoms with van der Waals surface area (Å²) >= 11 is 3.51. The molecule has 2 rings (SSSR count). The minimum atomic E-state index is 0.149. The van der Waals surface area contributed by atoms with E-state index >= 15 is 0 Å². The molecular formula is C12H13BrN2. The largest absolute Gasteiger partial charge is 0.327 e. The topological polar surface area (TPSA) is 49.8 Å². The molecule has 2 N–H and O–H groups in total. The standard InChI is InChI=1S/C12H13BrN2/c1-12(2)10(11(12)15)8-5-7(6-14)3-4-9(8)13/h3-5,10-11H,15H2,1-2H3. The van der Waals surface area contributed by atoms with E-state index in [0.717, 1.165) is 10.0 Å². The molecule has 0 aromatic heterocycles. The van der Waals surface area contributed by atoms with Gasteiger partial charge in [-0.05, 0) is 29.2 Å². The third kappa shape index (κ3) is 1.58. The lowest BCUT2D eigenvalue weighted by atomic mass is 10.0. The molecule has 0 bridgehead atoms. The van der Waals surface area contributed by atoms with Gasteiger partial charge >= 0.3 is 0 Å². The Balaban J connectivity index is 2.42. The van der Waals surface area contributed by atoms with Crippen LogP contribution >= 0.6 is 15.9 Å². The average molecular weight is 265 g/mol. The van der Waals surface area contributed by atoms with Crippen LogP contribution in [0.4, 0.5) is 0 Å². The van der Waals surface area contributed by atoms with Crippen LogP contribution in [0.5, 0.6) is 0 Å². The van der Waals surface area contributed by atoms with Crippen LogP contribution in [0.3, 0.4) is 0 Å². The van der Waals surface area contributed by atoms with E-state index in [2.05, 4.69) is 35.8 Å². The minimum absolute atomic E-state index is 0.149. The SMILES string of the molecule is CC1(C)C(N)C1c1cc(C#N)ccc1Br. The van der Waals surface area contributed by atoms with Crippen LogP contribution in [0.15, 0.2) is 22.7 Å². The van der Waals surface area contributed by atoms with E-state index in [0.29, 0.717) is 11.5 Å². The van der Waals surface area contributed by atoms with Crippen molar-refractivity contribution in [3.8, 4) is 6.07 Å². The number of benzene rings is 1. The van der Waals surface area contributed by atoms with Crippen LogP contribution in [0.25, 0.3) is 0 Å². The monoisotopic (exact) mass is 264 g/mol. The van der Waals surface area contributed by atoms with Crippen molar-refractivity contribution in [1.82, 2.24) is 0 Å². The lowest BCUT2D eigenvalue weighted by Gasteiger charge is -2.06. The van der Waals surface area contributed by atoms with Crippen molar-refractivity contribution >= 4 is 15.9 Å². The molecule has 1 aliphatic rings. The number of hydrogen-bond donors (Lipinski definition) is 1. The molecule has 2 nitrogen and oxygen atoms in total. The summed E-state index contributed by atoms with van der Waals surface area (Å²) in [6.45, 7) is 4.32. The molecule has 1 aromatic rings. The van der Waals surface area contributed by atoms with Crippen LogP contribution in [0, 0.1) is 16.7 Å². The second kappa shape index (κ2) is 3.33. The summed E-state index contributed by atoms with van der Waals surface area (Å²) in [6.07, 6.45) is 0. The summed E-state index contributed by atoms with van der Waals surface area (Å²) in [5.41, 5.74) is 8.04. The highest BCUT2D eigenvalue weighted by Crippen LogP contribution is 2.58. The van der Waals surface area contributed by atoms with Crippen molar-refractivity contribution < 1.29 is 0 Å². The summed E-state index contributed by atoms with van der Waals surface area (Å²) < 4.78 is 1.05. The van der Waals surface area contributed by atoms with Crippen molar-refractivity contribution in [2.45, 2.75) is 25.8 Å². The Hall–Kier alpha value is -0.850. The molecule has 15 heavy (non-hydrogen) atoms. The first-order valence-corrected chi connectivity index (χ1v) is 5.73. The van der Waals surface area contributed by atoms with Crippen molar-refractivity contribution in [2.75, 3.05) is 0 Å². The predicted molar refractivity (Wildman–Crippen MR) is 63.4 cm³/mol. The number of rotatable bonds is 1. The van der Waals surface area contributed by atoms with Crippen LogP contribution in [0.2, 0.25) is 0 Å². The van der Waals surface area contributed by atoms with Gasteiger partial charge in [0.25, 0.3) is 0 Å². The van der Waals surface area contributed by atoms with E-state index < -0.39 is 0 Å². The smallest absolute Gasteiger partial charge is 0.0991 e. The maximum Gasteiger partial charge on any atom is 0.0991 e. The zero-order valence-corrected chi connectivity index (χ0v) is 10.4. The molecular weight excluding hydrogens is 252 g/mol. The first kappa shape index (κ1) is 10.7. The van der Waals surface area contributed by atoms with E-state index in [9.17, 15) is 0 Å². The Morgan fingerprint density at radius 3 is 2.53 bits per heavy atom. The van der Waals surface area contributed by atoms with Gasteiger partial charge in [0.15, 0.2) is 0 Å². The molecule has 78 valence electrons. The Morgan fingerprint density at radius 1 is 1.47 bits per heavy atom. The van der Waals surface area contributed by atoms with Gasteiger partial charge in [-0.25, -0.2) is 0 Å². The molecule has 0 saturated heterocycles. The average Bonchev–Trinajstić information content (AvgIpc) is 2.68. The molecule has 0 aliphatic heterocycles. The number of nitriles is 1. The van der Waals surface area contributed by atoms with Crippen LogP contribution in [0.1, 0.15) is 30.9 Å². The quantitative estimate of drug-likeness (QED) is 0.848. The van der Waals surface area contributed by atoms with E-state index in [1.807, 2.05) is 18.2 Å². The molecule has 3 heteroatoms. The molecule has 1 aliphatic carbocycles. The van der Waals surface area contributed by atoms with Crippen molar-refractivity contribution in [2.24, 2.45) is 11.1 Å². The van der Waals surface area contributed by atoms with Crippen LogP contribution in [-0.4, -0.2) is 6.04 Å². The fourth-order valence-electron chi connectivity index (χ4n) is 2.12. The summed E-state index contributed by atoms with van der Waals surface area (Å²) in [6, 6.07) is 8.03. The predicted octanol–water partition coefficient (Wildman–Crippen LogP) is 2.77. The molecule has 0 amide bonds. The maximum atomic E-state index is 8.85. The number of nitrogens with two attached hydrogens (primary N) is 1. The molecule has 0 heterocycles. The Bertz CT molecular complexity index is 445. The normalized spacial score (nSPS) is 27.1. The highest BCUT2D eigenvalue weighted by Gasteiger charge is 2.56. The van der Waals surface area contributed by atoms with Gasteiger partial charge in [0.2, 0.25) is 0 Å². The van der Waals surface area contributed by atoms with Gasteiger partial charge in [-0.1, -0.05) is 29.8 Å². The molecule has 0 radical (unpaired) electrons. The molecule has 2 unspecified atom stereocenters. The van der Waals surface area contributed by atoms with Gasteiger partial charge in [0, 0.05) is 16.4 Å². The van der Waals surface area contributed by atoms with Gasteiger partial charge in [-0.3, -0.25) is 0 Å². The maximum absolute atomic E-state index is 8.85. The van der Waals surface area contributed by atoms with Gasteiger partial charge < -0.3 is 5.73 Å². The van der Waals surface area contributed by atoms with Crippen molar-refractivity contribution in [3.63, 3.8) is 0 Å². The molecule has 1 fully saturated rings. The first-order chi connectivity index (χ1) is 6.98. The lowest BCUT2D eigenvalue weighted by molar-refractivity contribution is 0.598. The molecule has 1 aromatic carbocycles. The zero-order chi connectivity index (χ0) is 11.2. The fraction of sp³-hybridized carbons (Fsp3) is 0.417. The zero-order valence-electron chi connectivity index (χ0n) is 8.79. The Kier molecular flexibility index (Phi) is 2.37. The second-order valence-corrected chi connectivity index (χ2v) is 5.53.